The molecule has 0 N–H and O–H groups in total. The monoisotopic (exact) mass is 985 g/mol. The third-order valence-electron chi connectivity index (χ3n) is 12.2. The number of hydrogen-bond acceptors (Lipinski definition) is 6. The number of allylic oxidation sites excluding steroid dienone is 18. The van der Waals surface area contributed by atoms with Crippen LogP contribution in [0.3, 0.4) is 0 Å². The van der Waals surface area contributed by atoms with E-state index < -0.39 is 12.1 Å². The Labute approximate surface area is 438 Å². The van der Waals surface area contributed by atoms with E-state index in [1.54, 1.807) is 0 Å². The molecule has 6 heteroatoms. The number of ether oxygens (including phenoxy) is 3. The number of carbonyl (C=O) groups is 3. The van der Waals surface area contributed by atoms with Crippen LogP contribution in [-0.4, -0.2) is 37.2 Å². The van der Waals surface area contributed by atoms with Gasteiger partial charge < -0.3 is 14.2 Å². The summed E-state index contributed by atoms with van der Waals surface area (Å²) in [5, 5.41) is 0. The summed E-state index contributed by atoms with van der Waals surface area (Å²) >= 11 is 0. The number of carbonyl (C=O) groups excluding carboxylic acids is 3. The van der Waals surface area contributed by atoms with E-state index >= 15 is 0 Å². The molecule has 0 aromatic carbocycles. The van der Waals surface area contributed by atoms with Crippen molar-refractivity contribution in [2.45, 2.75) is 271 Å². The quantitative estimate of drug-likeness (QED) is 0.0261. The molecule has 71 heavy (non-hydrogen) atoms. The van der Waals surface area contributed by atoms with Crippen LogP contribution in [0.2, 0.25) is 0 Å². The highest BCUT2D eigenvalue weighted by molar-refractivity contribution is 5.71. The highest BCUT2D eigenvalue weighted by Crippen LogP contribution is 2.14. The highest BCUT2D eigenvalue weighted by atomic mass is 16.6. The molecule has 0 rings (SSSR count). The number of hydrogen-bond donors (Lipinski definition) is 0. The van der Waals surface area contributed by atoms with Crippen molar-refractivity contribution in [1.82, 2.24) is 0 Å². The van der Waals surface area contributed by atoms with Gasteiger partial charge in [0.25, 0.3) is 0 Å². The molecule has 0 aromatic rings. The lowest BCUT2D eigenvalue weighted by Gasteiger charge is -2.18. The Morgan fingerprint density at radius 3 is 0.944 bits per heavy atom. The van der Waals surface area contributed by atoms with Crippen molar-refractivity contribution in [3.63, 3.8) is 0 Å². The normalized spacial score (nSPS) is 12.9. The van der Waals surface area contributed by atoms with Gasteiger partial charge in [-0.25, -0.2) is 0 Å². The zero-order chi connectivity index (χ0) is 51.4. The van der Waals surface area contributed by atoms with Crippen LogP contribution in [-0.2, 0) is 28.6 Å². The zero-order valence-electron chi connectivity index (χ0n) is 46.2. The van der Waals surface area contributed by atoms with Gasteiger partial charge in [0.1, 0.15) is 13.2 Å². The summed E-state index contributed by atoms with van der Waals surface area (Å²) < 4.78 is 16.8. The highest BCUT2D eigenvalue weighted by Gasteiger charge is 2.19. The Hall–Kier alpha value is -3.93. The first-order valence-corrected chi connectivity index (χ1v) is 29.4. The van der Waals surface area contributed by atoms with Crippen molar-refractivity contribution in [3.05, 3.63) is 109 Å². The summed E-state index contributed by atoms with van der Waals surface area (Å²) in [5.41, 5.74) is 0. The molecule has 6 nitrogen and oxygen atoms in total. The third kappa shape index (κ3) is 56.9. The Morgan fingerprint density at radius 1 is 0.296 bits per heavy atom. The number of unbranched alkanes of at least 4 members (excludes halogenated alkanes) is 23. The largest absolute Gasteiger partial charge is 0.462 e. The molecular formula is C65H108O6. The Morgan fingerprint density at radius 2 is 0.577 bits per heavy atom. The topological polar surface area (TPSA) is 78.9 Å². The molecule has 0 fully saturated rings. The fraction of sp³-hybridized carbons (Fsp3) is 0.677. The van der Waals surface area contributed by atoms with E-state index in [2.05, 4.69) is 118 Å². The van der Waals surface area contributed by atoms with Crippen LogP contribution in [0, 0.1) is 0 Å². The van der Waals surface area contributed by atoms with Gasteiger partial charge in [0, 0.05) is 19.3 Å². The number of esters is 3. The minimum Gasteiger partial charge on any atom is -0.462 e. The van der Waals surface area contributed by atoms with Gasteiger partial charge in [-0.15, -0.1) is 0 Å². The summed E-state index contributed by atoms with van der Waals surface area (Å²) in [4.78, 5) is 38.1. The van der Waals surface area contributed by atoms with E-state index in [-0.39, 0.29) is 31.6 Å². The first-order valence-electron chi connectivity index (χ1n) is 29.4. The van der Waals surface area contributed by atoms with E-state index in [0.29, 0.717) is 19.3 Å². The number of rotatable bonds is 52. The molecule has 0 spiro atoms. The zero-order valence-corrected chi connectivity index (χ0v) is 46.2. The van der Waals surface area contributed by atoms with Crippen LogP contribution in [0.5, 0.6) is 0 Å². The molecule has 0 bridgehead atoms. The molecule has 1 atom stereocenters. The molecule has 404 valence electrons. The SMILES string of the molecule is CC/C=C\C/C=C\C/C=C\C/C=C\C/C=C\C/C=C\CCC(=O)OC(COC(=O)CCCCCCC/C=C\CCCCCC)COC(=O)CCCCCCCCCCC/C=C\C/C=C\CCCCCCC. The third-order valence-corrected chi connectivity index (χ3v) is 12.2. The summed E-state index contributed by atoms with van der Waals surface area (Å²) in [6.07, 6.45) is 79.5. The fourth-order valence-electron chi connectivity index (χ4n) is 7.85. The Bertz CT molecular complexity index is 1460. The molecule has 0 radical (unpaired) electrons. The van der Waals surface area contributed by atoms with Gasteiger partial charge in [-0.05, 0) is 116 Å². The van der Waals surface area contributed by atoms with Gasteiger partial charge in [-0.2, -0.15) is 0 Å². The van der Waals surface area contributed by atoms with Gasteiger partial charge in [0.2, 0.25) is 0 Å². The lowest BCUT2D eigenvalue weighted by atomic mass is 10.1. The smallest absolute Gasteiger partial charge is 0.306 e. The summed E-state index contributed by atoms with van der Waals surface area (Å²) in [7, 11) is 0. The Balaban J connectivity index is 4.48. The lowest BCUT2D eigenvalue weighted by Crippen LogP contribution is -2.30. The van der Waals surface area contributed by atoms with Gasteiger partial charge in [0.05, 0.1) is 0 Å². The first-order chi connectivity index (χ1) is 35.0. The maximum absolute atomic E-state index is 12.8. The standard InChI is InChI=1S/C65H108O6/c1-4-7-10-13-16-19-22-25-27-29-31-32-34-35-37-40-43-46-49-52-55-58-64(67)70-61-62(60-69-63(66)57-54-51-48-45-42-39-24-21-18-15-12-9-6-3)71-65(68)59-56-53-50-47-44-41-38-36-33-30-28-26-23-20-17-14-11-8-5-2/h8,11,17,20-22,24-26,28-29,31,33,36,41,44,50,53,62H,4-7,9-10,12-16,18-19,23,27,30,32,34-35,37-40,42-43,45-49,51-52,54-61H2,1-3H3/b11-8-,20-17-,24-21-,25-22-,28-26-,31-29-,36-33-,44-41-,53-50-. The molecule has 1 unspecified atom stereocenters. The average Bonchev–Trinajstić information content (AvgIpc) is 3.37. The van der Waals surface area contributed by atoms with Crippen molar-refractivity contribution in [3.8, 4) is 0 Å². The van der Waals surface area contributed by atoms with Crippen LogP contribution in [0.25, 0.3) is 0 Å². The molecule has 0 aliphatic rings. The van der Waals surface area contributed by atoms with Gasteiger partial charge in [0.15, 0.2) is 6.10 Å². The lowest BCUT2D eigenvalue weighted by molar-refractivity contribution is -0.166. The van der Waals surface area contributed by atoms with Crippen molar-refractivity contribution in [2.75, 3.05) is 13.2 Å². The minimum atomic E-state index is -0.826. The molecule has 0 heterocycles. The predicted octanol–water partition coefficient (Wildman–Crippen LogP) is 19.9. The molecule has 0 aliphatic heterocycles. The Kier molecular flexibility index (Phi) is 55.4. The summed E-state index contributed by atoms with van der Waals surface area (Å²) in [6.45, 7) is 6.43. The van der Waals surface area contributed by atoms with Gasteiger partial charge >= 0.3 is 17.9 Å². The molecule has 0 aliphatic carbocycles. The maximum Gasteiger partial charge on any atom is 0.306 e. The van der Waals surface area contributed by atoms with E-state index in [4.69, 9.17) is 14.2 Å². The maximum atomic E-state index is 12.8. The van der Waals surface area contributed by atoms with Crippen LogP contribution in [0.4, 0.5) is 0 Å². The van der Waals surface area contributed by atoms with E-state index in [1.807, 2.05) is 12.2 Å². The van der Waals surface area contributed by atoms with Crippen molar-refractivity contribution in [1.29, 1.82) is 0 Å². The molecule has 0 amide bonds. The predicted molar refractivity (Wildman–Crippen MR) is 307 cm³/mol. The second-order valence-corrected chi connectivity index (χ2v) is 19.2. The molecule has 0 saturated heterocycles. The summed E-state index contributed by atoms with van der Waals surface area (Å²) in [5.74, 6) is -1.01. The fourth-order valence-corrected chi connectivity index (χ4v) is 7.85. The second-order valence-electron chi connectivity index (χ2n) is 19.2. The van der Waals surface area contributed by atoms with Gasteiger partial charge in [-0.1, -0.05) is 239 Å². The molecule has 0 aromatic heterocycles. The van der Waals surface area contributed by atoms with E-state index in [9.17, 15) is 14.4 Å². The van der Waals surface area contributed by atoms with Crippen LogP contribution < -0.4 is 0 Å². The average molecular weight is 986 g/mol. The second kappa shape index (κ2) is 58.6. The van der Waals surface area contributed by atoms with Crippen molar-refractivity contribution < 1.29 is 28.6 Å². The van der Waals surface area contributed by atoms with Crippen LogP contribution >= 0.6 is 0 Å². The van der Waals surface area contributed by atoms with E-state index in [1.165, 1.54) is 122 Å². The van der Waals surface area contributed by atoms with Crippen LogP contribution in [0.15, 0.2) is 109 Å². The molecular weight excluding hydrogens is 877 g/mol. The minimum absolute atomic E-state index is 0.114. The van der Waals surface area contributed by atoms with Crippen molar-refractivity contribution >= 4 is 17.9 Å². The van der Waals surface area contributed by atoms with Crippen molar-refractivity contribution in [2.24, 2.45) is 0 Å². The first kappa shape index (κ1) is 67.1. The van der Waals surface area contributed by atoms with Crippen LogP contribution in [0.1, 0.15) is 265 Å². The van der Waals surface area contributed by atoms with E-state index in [0.717, 1.165) is 96.3 Å². The molecule has 0 saturated carbocycles. The summed E-state index contributed by atoms with van der Waals surface area (Å²) in [6, 6.07) is 0. The van der Waals surface area contributed by atoms with Gasteiger partial charge in [-0.3, -0.25) is 14.4 Å².